The number of benzene rings is 1. The van der Waals surface area contributed by atoms with Crippen molar-refractivity contribution in [3.8, 4) is 0 Å². The topological polar surface area (TPSA) is 27.6 Å². The van der Waals surface area contributed by atoms with Crippen molar-refractivity contribution in [3.05, 3.63) is 35.9 Å². The zero-order chi connectivity index (χ0) is 13.1. The SMILES string of the molecule is CN=C(NC1CCC1)N1CCC(c2ccccc2)C1.I. The fourth-order valence-corrected chi connectivity index (χ4v) is 2.98. The van der Waals surface area contributed by atoms with E-state index in [1.165, 1.54) is 31.2 Å². The van der Waals surface area contributed by atoms with Crippen LogP contribution in [0.4, 0.5) is 0 Å². The van der Waals surface area contributed by atoms with Crippen LogP contribution in [0.2, 0.25) is 0 Å². The zero-order valence-electron chi connectivity index (χ0n) is 12.1. The van der Waals surface area contributed by atoms with Gasteiger partial charge >= 0.3 is 0 Å². The summed E-state index contributed by atoms with van der Waals surface area (Å²) in [5.41, 5.74) is 1.46. The number of nitrogens with one attached hydrogen (secondary N) is 1. The molecule has 110 valence electrons. The maximum absolute atomic E-state index is 4.45. The Hall–Kier alpha value is -0.780. The summed E-state index contributed by atoms with van der Waals surface area (Å²) in [5.74, 6) is 1.75. The molecule has 3 nitrogen and oxygen atoms in total. The van der Waals surface area contributed by atoms with Crippen molar-refractivity contribution in [2.45, 2.75) is 37.6 Å². The lowest BCUT2D eigenvalue weighted by Gasteiger charge is -2.31. The van der Waals surface area contributed by atoms with Gasteiger partial charge in [0.2, 0.25) is 0 Å². The highest BCUT2D eigenvalue weighted by Crippen LogP contribution is 2.27. The summed E-state index contributed by atoms with van der Waals surface area (Å²) in [4.78, 5) is 6.86. The van der Waals surface area contributed by atoms with Crippen LogP contribution in [0.3, 0.4) is 0 Å². The minimum absolute atomic E-state index is 0. The van der Waals surface area contributed by atoms with Crippen LogP contribution >= 0.6 is 24.0 Å². The van der Waals surface area contributed by atoms with Crippen molar-refractivity contribution in [3.63, 3.8) is 0 Å². The summed E-state index contributed by atoms with van der Waals surface area (Å²) < 4.78 is 0. The molecule has 1 aromatic carbocycles. The minimum Gasteiger partial charge on any atom is -0.354 e. The van der Waals surface area contributed by atoms with Crippen LogP contribution in [0.1, 0.15) is 37.2 Å². The Morgan fingerprint density at radius 1 is 1.20 bits per heavy atom. The second kappa shape index (κ2) is 7.29. The highest BCUT2D eigenvalue weighted by atomic mass is 127. The lowest BCUT2D eigenvalue weighted by molar-refractivity contribution is 0.361. The maximum atomic E-state index is 4.45. The normalized spacial score (nSPS) is 23.1. The predicted molar refractivity (Wildman–Crippen MR) is 94.9 cm³/mol. The Morgan fingerprint density at radius 2 is 1.95 bits per heavy atom. The van der Waals surface area contributed by atoms with Gasteiger partial charge in [-0.25, -0.2) is 0 Å². The van der Waals surface area contributed by atoms with E-state index < -0.39 is 0 Å². The highest BCUT2D eigenvalue weighted by molar-refractivity contribution is 14.0. The third kappa shape index (κ3) is 3.45. The molecule has 1 saturated carbocycles. The maximum Gasteiger partial charge on any atom is 0.193 e. The van der Waals surface area contributed by atoms with E-state index >= 15 is 0 Å². The van der Waals surface area contributed by atoms with Crippen molar-refractivity contribution >= 4 is 29.9 Å². The average molecular weight is 385 g/mol. The first-order valence-electron chi connectivity index (χ1n) is 7.40. The molecule has 1 aliphatic heterocycles. The Bertz CT molecular complexity index is 442. The molecule has 0 bridgehead atoms. The average Bonchev–Trinajstić information content (AvgIpc) is 2.88. The quantitative estimate of drug-likeness (QED) is 0.481. The standard InChI is InChI=1S/C16H23N3.HI/c1-17-16(18-15-8-5-9-15)19-11-10-14(12-19)13-6-3-2-4-7-13;/h2-4,6-7,14-15H,5,8-12H2,1H3,(H,17,18);1H. The molecule has 2 fully saturated rings. The summed E-state index contributed by atoms with van der Waals surface area (Å²) in [6.07, 6.45) is 5.20. The molecule has 0 amide bonds. The summed E-state index contributed by atoms with van der Waals surface area (Å²) >= 11 is 0. The molecule has 20 heavy (non-hydrogen) atoms. The Kier molecular flexibility index (Phi) is 5.69. The van der Waals surface area contributed by atoms with Gasteiger partial charge in [-0.3, -0.25) is 4.99 Å². The van der Waals surface area contributed by atoms with Crippen LogP contribution in [0, 0.1) is 0 Å². The number of aliphatic imine (C=N–C) groups is 1. The third-order valence-corrected chi connectivity index (χ3v) is 4.41. The Labute approximate surface area is 138 Å². The first-order chi connectivity index (χ1) is 9.36. The van der Waals surface area contributed by atoms with Gasteiger partial charge in [-0.2, -0.15) is 0 Å². The van der Waals surface area contributed by atoms with Crippen LogP contribution in [0.25, 0.3) is 0 Å². The molecule has 4 heteroatoms. The van der Waals surface area contributed by atoms with E-state index in [2.05, 4.69) is 45.5 Å². The summed E-state index contributed by atoms with van der Waals surface area (Å²) in [7, 11) is 1.90. The van der Waals surface area contributed by atoms with Crippen LogP contribution in [0.5, 0.6) is 0 Å². The summed E-state index contributed by atoms with van der Waals surface area (Å²) in [6.45, 7) is 2.21. The molecular formula is C16H24IN3. The lowest BCUT2D eigenvalue weighted by atomic mass is 9.93. The smallest absolute Gasteiger partial charge is 0.193 e. The summed E-state index contributed by atoms with van der Waals surface area (Å²) in [5, 5.41) is 3.59. The molecular weight excluding hydrogens is 361 g/mol. The van der Waals surface area contributed by atoms with Gasteiger partial charge < -0.3 is 10.2 Å². The van der Waals surface area contributed by atoms with Crippen molar-refractivity contribution in [1.29, 1.82) is 0 Å². The number of likely N-dealkylation sites (tertiary alicyclic amines) is 1. The van der Waals surface area contributed by atoms with Gasteiger partial charge in [0.1, 0.15) is 0 Å². The molecule has 0 aromatic heterocycles. The van der Waals surface area contributed by atoms with Crippen LogP contribution in [0.15, 0.2) is 35.3 Å². The first kappa shape index (κ1) is 15.6. The second-order valence-electron chi connectivity index (χ2n) is 5.66. The molecule has 3 rings (SSSR count). The van der Waals surface area contributed by atoms with E-state index in [9.17, 15) is 0 Å². The zero-order valence-corrected chi connectivity index (χ0v) is 14.4. The molecule has 0 radical (unpaired) electrons. The van der Waals surface area contributed by atoms with Crippen LogP contribution in [-0.4, -0.2) is 37.0 Å². The van der Waals surface area contributed by atoms with Crippen molar-refractivity contribution in [1.82, 2.24) is 10.2 Å². The molecule has 1 heterocycles. The van der Waals surface area contributed by atoms with Gasteiger partial charge in [-0.15, -0.1) is 24.0 Å². The van der Waals surface area contributed by atoms with Crippen molar-refractivity contribution in [2.75, 3.05) is 20.1 Å². The van der Waals surface area contributed by atoms with Gasteiger partial charge in [0.05, 0.1) is 0 Å². The fourth-order valence-electron chi connectivity index (χ4n) is 2.98. The second-order valence-corrected chi connectivity index (χ2v) is 5.66. The number of hydrogen-bond donors (Lipinski definition) is 1. The van der Waals surface area contributed by atoms with Crippen molar-refractivity contribution < 1.29 is 0 Å². The molecule has 0 spiro atoms. The van der Waals surface area contributed by atoms with E-state index in [1.54, 1.807) is 0 Å². The number of nitrogens with zero attached hydrogens (tertiary/aromatic N) is 2. The number of rotatable bonds is 2. The number of hydrogen-bond acceptors (Lipinski definition) is 1. The molecule has 1 atom stereocenters. The summed E-state index contributed by atoms with van der Waals surface area (Å²) in [6, 6.07) is 11.5. The number of halogens is 1. The highest BCUT2D eigenvalue weighted by Gasteiger charge is 2.28. The van der Waals surface area contributed by atoms with Crippen LogP contribution < -0.4 is 5.32 Å². The van der Waals surface area contributed by atoms with Gasteiger partial charge in [-0.1, -0.05) is 30.3 Å². The largest absolute Gasteiger partial charge is 0.354 e. The van der Waals surface area contributed by atoms with Gasteiger partial charge in [0.25, 0.3) is 0 Å². The molecule has 1 aliphatic carbocycles. The molecule has 1 unspecified atom stereocenters. The van der Waals surface area contributed by atoms with E-state index in [0.717, 1.165) is 19.0 Å². The number of guanidine groups is 1. The lowest BCUT2D eigenvalue weighted by Crippen LogP contribution is -2.47. The molecule has 2 aliphatic rings. The van der Waals surface area contributed by atoms with E-state index in [-0.39, 0.29) is 24.0 Å². The van der Waals surface area contributed by atoms with Gasteiger partial charge in [-0.05, 0) is 31.2 Å². The molecule has 1 saturated heterocycles. The van der Waals surface area contributed by atoms with E-state index in [1.807, 2.05) is 7.05 Å². The minimum atomic E-state index is 0. The van der Waals surface area contributed by atoms with E-state index in [0.29, 0.717) is 12.0 Å². The van der Waals surface area contributed by atoms with Crippen LogP contribution in [-0.2, 0) is 0 Å². The Balaban J connectivity index is 0.00000147. The molecule has 1 aromatic rings. The van der Waals surface area contributed by atoms with Gasteiger partial charge in [0, 0.05) is 32.1 Å². The third-order valence-electron chi connectivity index (χ3n) is 4.41. The van der Waals surface area contributed by atoms with Crippen molar-refractivity contribution in [2.24, 2.45) is 4.99 Å². The fraction of sp³-hybridized carbons (Fsp3) is 0.562. The predicted octanol–water partition coefficient (Wildman–Crippen LogP) is 3.22. The monoisotopic (exact) mass is 385 g/mol. The first-order valence-corrected chi connectivity index (χ1v) is 7.40. The Morgan fingerprint density at radius 3 is 2.55 bits per heavy atom. The molecule has 1 N–H and O–H groups in total. The van der Waals surface area contributed by atoms with Gasteiger partial charge in [0.15, 0.2) is 5.96 Å². The van der Waals surface area contributed by atoms with E-state index in [4.69, 9.17) is 0 Å².